The van der Waals surface area contributed by atoms with Gasteiger partial charge in [0.2, 0.25) is 5.89 Å². The lowest BCUT2D eigenvalue weighted by molar-refractivity contribution is 0.416. The van der Waals surface area contributed by atoms with Crippen LogP contribution in [-0.2, 0) is 18.5 Å². The van der Waals surface area contributed by atoms with E-state index in [4.69, 9.17) is 4.42 Å². The summed E-state index contributed by atoms with van der Waals surface area (Å²) in [7, 11) is 0. The topological polar surface area (TPSA) is 55.9 Å². The van der Waals surface area contributed by atoms with Gasteiger partial charge in [0.05, 0.1) is 13.1 Å². The molecular weight excluding hydrogens is 288 g/mol. The number of fused-ring (bicyclic) bond motifs is 1. The number of hydrogen-bond donors (Lipinski definition) is 1. The molecule has 1 atom stereocenters. The maximum Gasteiger partial charge on any atom is 0.209 e. The van der Waals surface area contributed by atoms with Crippen molar-refractivity contribution in [2.24, 2.45) is 0 Å². The van der Waals surface area contributed by atoms with Gasteiger partial charge in [-0.3, -0.25) is 4.68 Å². The third-order valence-corrected chi connectivity index (χ3v) is 3.92. The minimum absolute atomic E-state index is 0.115. The number of benzene rings is 1. The molecule has 3 rings (SSSR count). The maximum absolute atomic E-state index is 5.83. The Bertz CT molecular complexity index is 768. The first-order chi connectivity index (χ1) is 10.9. The average molecular weight is 312 g/mol. The zero-order chi connectivity index (χ0) is 16.4. The Kier molecular flexibility index (Phi) is 4.22. The molecule has 122 valence electrons. The Morgan fingerprint density at radius 2 is 2.13 bits per heavy atom. The van der Waals surface area contributed by atoms with Gasteiger partial charge >= 0.3 is 0 Å². The van der Waals surface area contributed by atoms with Crippen LogP contribution in [0.5, 0.6) is 0 Å². The summed E-state index contributed by atoms with van der Waals surface area (Å²) in [6, 6.07) is 8.47. The van der Waals surface area contributed by atoms with Crippen LogP contribution in [0.3, 0.4) is 0 Å². The van der Waals surface area contributed by atoms with Gasteiger partial charge in [-0.2, -0.15) is 5.10 Å². The van der Waals surface area contributed by atoms with Gasteiger partial charge in [-0.25, -0.2) is 4.98 Å². The fourth-order valence-electron chi connectivity index (χ4n) is 2.53. The average Bonchev–Trinajstić information content (AvgIpc) is 3.11. The fourth-order valence-corrected chi connectivity index (χ4v) is 2.53. The largest absolute Gasteiger partial charge is 0.439 e. The molecule has 23 heavy (non-hydrogen) atoms. The molecule has 0 aliphatic rings. The second-order valence-electron chi connectivity index (χ2n) is 7.05. The maximum atomic E-state index is 5.83. The monoisotopic (exact) mass is 312 g/mol. The Morgan fingerprint density at radius 3 is 2.83 bits per heavy atom. The molecule has 0 radical (unpaired) electrons. The van der Waals surface area contributed by atoms with E-state index in [9.17, 15) is 0 Å². The first-order valence-corrected chi connectivity index (χ1v) is 8.02. The number of nitrogens with zero attached hydrogens (tertiary/aromatic N) is 3. The lowest BCUT2D eigenvalue weighted by Crippen LogP contribution is -2.30. The van der Waals surface area contributed by atoms with Crippen molar-refractivity contribution in [3.05, 3.63) is 48.1 Å². The van der Waals surface area contributed by atoms with Crippen molar-refractivity contribution in [3.8, 4) is 0 Å². The van der Waals surface area contributed by atoms with Crippen molar-refractivity contribution in [2.75, 3.05) is 0 Å². The molecule has 0 bridgehead atoms. The summed E-state index contributed by atoms with van der Waals surface area (Å²) in [5, 5.41) is 7.64. The van der Waals surface area contributed by atoms with Gasteiger partial charge in [0.1, 0.15) is 5.52 Å². The van der Waals surface area contributed by atoms with E-state index >= 15 is 0 Å². The van der Waals surface area contributed by atoms with Crippen LogP contribution in [0, 0.1) is 0 Å². The Morgan fingerprint density at radius 1 is 1.30 bits per heavy atom. The predicted molar refractivity (Wildman–Crippen MR) is 91.2 cm³/mol. The SMILES string of the molecule is C[C@H](Cn1cccn1)NCc1nc2cc(C(C)(C)C)ccc2o1. The molecule has 5 nitrogen and oxygen atoms in total. The Labute approximate surface area is 136 Å². The van der Waals surface area contributed by atoms with Crippen LogP contribution in [0.2, 0.25) is 0 Å². The molecular formula is C18H24N4O. The molecule has 1 N–H and O–H groups in total. The standard InChI is InChI=1S/C18H24N4O/c1-13(12-22-9-5-8-20-22)19-11-17-21-15-10-14(18(2,3)4)6-7-16(15)23-17/h5-10,13,19H,11-12H2,1-4H3/t13-/m1/s1. The minimum Gasteiger partial charge on any atom is -0.439 e. The summed E-state index contributed by atoms with van der Waals surface area (Å²) in [6.07, 6.45) is 3.76. The molecule has 2 heterocycles. The van der Waals surface area contributed by atoms with E-state index in [1.165, 1.54) is 5.56 Å². The lowest BCUT2D eigenvalue weighted by Gasteiger charge is -2.18. The molecule has 1 aromatic carbocycles. The van der Waals surface area contributed by atoms with Crippen molar-refractivity contribution in [1.82, 2.24) is 20.1 Å². The smallest absolute Gasteiger partial charge is 0.209 e. The highest BCUT2D eigenvalue weighted by Gasteiger charge is 2.16. The lowest BCUT2D eigenvalue weighted by atomic mass is 9.87. The molecule has 0 saturated heterocycles. The zero-order valence-electron chi connectivity index (χ0n) is 14.2. The molecule has 0 aliphatic heterocycles. The zero-order valence-corrected chi connectivity index (χ0v) is 14.2. The summed E-state index contributed by atoms with van der Waals surface area (Å²) >= 11 is 0. The highest BCUT2D eigenvalue weighted by molar-refractivity contribution is 5.73. The van der Waals surface area contributed by atoms with Crippen molar-refractivity contribution in [2.45, 2.75) is 52.2 Å². The van der Waals surface area contributed by atoms with E-state index in [2.05, 4.69) is 55.2 Å². The van der Waals surface area contributed by atoms with Crippen LogP contribution in [0.1, 0.15) is 39.1 Å². The van der Waals surface area contributed by atoms with E-state index in [-0.39, 0.29) is 11.5 Å². The molecule has 3 aromatic rings. The predicted octanol–water partition coefficient (Wildman–Crippen LogP) is 3.50. The first-order valence-electron chi connectivity index (χ1n) is 8.02. The Balaban J connectivity index is 1.66. The van der Waals surface area contributed by atoms with E-state index < -0.39 is 0 Å². The third kappa shape index (κ3) is 3.79. The van der Waals surface area contributed by atoms with Crippen LogP contribution < -0.4 is 5.32 Å². The quantitative estimate of drug-likeness (QED) is 0.783. The van der Waals surface area contributed by atoms with Crippen molar-refractivity contribution < 1.29 is 4.42 Å². The van der Waals surface area contributed by atoms with Crippen LogP contribution in [0.4, 0.5) is 0 Å². The molecule has 0 unspecified atom stereocenters. The second-order valence-corrected chi connectivity index (χ2v) is 7.05. The van der Waals surface area contributed by atoms with E-state index in [1.54, 1.807) is 6.20 Å². The first kappa shape index (κ1) is 15.7. The van der Waals surface area contributed by atoms with Crippen molar-refractivity contribution >= 4 is 11.1 Å². The molecule has 0 amide bonds. The molecule has 2 aromatic heterocycles. The fraction of sp³-hybridized carbons (Fsp3) is 0.444. The molecule has 5 heteroatoms. The molecule has 0 saturated carbocycles. The summed E-state index contributed by atoms with van der Waals surface area (Å²) < 4.78 is 7.74. The van der Waals surface area contributed by atoms with Gasteiger partial charge in [-0.1, -0.05) is 26.8 Å². The second kappa shape index (κ2) is 6.16. The van der Waals surface area contributed by atoms with Gasteiger partial charge in [0.15, 0.2) is 5.58 Å². The van der Waals surface area contributed by atoms with Gasteiger partial charge in [0.25, 0.3) is 0 Å². The summed E-state index contributed by atoms with van der Waals surface area (Å²) in [5.41, 5.74) is 3.15. The summed E-state index contributed by atoms with van der Waals surface area (Å²) in [5.74, 6) is 0.721. The summed E-state index contributed by atoms with van der Waals surface area (Å²) in [4.78, 5) is 4.60. The highest BCUT2D eigenvalue weighted by atomic mass is 16.3. The normalized spacial score (nSPS) is 13.6. The van der Waals surface area contributed by atoms with E-state index in [0.29, 0.717) is 6.54 Å². The van der Waals surface area contributed by atoms with Gasteiger partial charge in [-0.05, 0) is 36.1 Å². The van der Waals surface area contributed by atoms with Gasteiger partial charge in [0, 0.05) is 18.4 Å². The van der Waals surface area contributed by atoms with Crippen LogP contribution in [0.25, 0.3) is 11.1 Å². The molecule has 0 fully saturated rings. The van der Waals surface area contributed by atoms with Crippen LogP contribution in [0.15, 0.2) is 41.1 Å². The van der Waals surface area contributed by atoms with Gasteiger partial charge < -0.3 is 9.73 Å². The highest BCUT2D eigenvalue weighted by Crippen LogP contribution is 2.26. The number of nitrogens with one attached hydrogen (secondary N) is 1. The van der Waals surface area contributed by atoms with E-state index in [1.807, 2.05) is 23.0 Å². The molecule has 0 aliphatic carbocycles. The van der Waals surface area contributed by atoms with E-state index in [0.717, 1.165) is 23.5 Å². The number of rotatable bonds is 5. The van der Waals surface area contributed by atoms with Crippen molar-refractivity contribution in [1.29, 1.82) is 0 Å². The molecule has 0 spiro atoms. The number of hydrogen-bond acceptors (Lipinski definition) is 4. The van der Waals surface area contributed by atoms with Crippen LogP contribution in [-0.4, -0.2) is 20.8 Å². The Hall–Kier alpha value is -2.14. The minimum atomic E-state index is 0.115. The van der Waals surface area contributed by atoms with Gasteiger partial charge in [-0.15, -0.1) is 0 Å². The summed E-state index contributed by atoms with van der Waals surface area (Å²) in [6.45, 7) is 10.2. The van der Waals surface area contributed by atoms with Crippen LogP contribution >= 0.6 is 0 Å². The number of aromatic nitrogens is 3. The number of oxazole rings is 1. The van der Waals surface area contributed by atoms with Crippen molar-refractivity contribution in [3.63, 3.8) is 0 Å². The third-order valence-electron chi connectivity index (χ3n) is 3.92.